The molecular formula is C20H35N3O4. The van der Waals surface area contributed by atoms with Crippen molar-refractivity contribution in [3.63, 3.8) is 0 Å². The molecule has 0 bridgehead atoms. The van der Waals surface area contributed by atoms with Crippen LogP contribution >= 0.6 is 0 Å². The summed E-state index contributed by atoms with van der Waals surface area (Å²) in [6.45, 7) is 9.81. The van der Waals surface area contributed by atoms with E-state index in [-0.39, 0.29) is 25.0 Å². The van der Waals surface area contributed by atoms with Crippen molar-refractivity contribution in [2.45, 2.75) is 85.1 Å². The lowest BCUT2D eigenvalue weighted by atomic mass is 9.78. The summed E-state index contributed by atoms with van der Waals surface area (Å²) in [6.07, 6.45) is 6.05. The summed E-state index contributed by atoms with van der Waals surface area (Å²) in [5.41, 5.74) is 7.00. The van der Waals surface area contributed by atoms with E-state index in [1.165, 1.54) is 0 Å². The number of hydrogen-bond acceptors (Lipinski definition) is 5. The van der Waals surface area contributed by atoms with Crippen LogP contribution in [0.25, 0.3) is 10.4 Å². The molecule has 0 saturated heterocycles. The van der Waals surface area contributed by atoms with Crippen molar-refractivity contribution >= 4 is 11.9 Å². The fraction of sp³-hybridized carbons (Fsp3) is 0.900. The van der Waals surface area contributed by atoms with E-state index in [2.05, 4.69) is 16.9 Å². The maximum atomic E-state index is 12.8. The lowest BCUT2D eigenvalue weighted by Gasteiger charge is -2.32. The highest BCUT2D eigenvalue weighted by molar-refractivity contribution is 6.00. The van der Waals surface area contributed by atoms with Crippen LogP contribution in [0.5, 0.6) is 0 Å². The number of carbonyl (C=O) groups is 2. The Bertz CT molecular complexity index is 537. The number of rotatable bonds is 11. The molecule has 154 valence electrons. The number of esters is 2. The third-order valence-electron chi connectivity index (χ3n) is 5.72. The largest absolute Gasteiger partial charge is 0.465 e. The zero-order chi connectivity index (χ0) is 20.5. The van der Waals surface area contributed by atoms with Crippen LogP contribution in [-0.2, 0) is 19.1 Å². The first-order valence-electron chi connectivity index (χ1n) is 10.2. The van der Waals surface area contributed by atoms with Gasteiger partial charge in [-0.15, -0.1) is 0 Å². The molecule has 1 aliphatic rings. The minimum atomic E-state index is -1.30. The Balaban J connectivity index is 3.19. The second-order valence-electron chi connectivity index (χ2n) is 7.99. The lowest BCUT2D eigenvalue weighted by Crippen LogP contribution is -2.41. The second-order valence-corrected chi connectivity index (χ2v) is 7.99. The van der Waals surface area contributed by atoms with Gasteiger partial charge in [-0.05, 0) is 44.1 Å². The molecule has 7 heteroatoms. The van der Waals surface area contributed by atoms with Gasteiger partial charge in [-0.3, -0.25) is 9.59 Å². The van der Waals surface area contributed by atoms with Gasteiger partial charge in [-0.2, -0.15) is 0 Å². The van der Waals surface area contributed by atoms with Crippen LogP contribution in [0.1, 0.15) is 79.6 Å². The maximum absolute atomic E-state index is 12.8. The van der Waals surface area contributed by atoms with Gasteiger partial charge in [0.15, 0.2) is 5.41 Å². The van der Waals surface area contributed by atoms with Crippen LogP contribution < -0.4 is 0 Å². The van der Waals surface area contributed by atoms with Crippen LogP contribution in [0, 0.1) is 17.3 Å². The van der Waals surface area contributed by atoms with Gasteiger partial charge in [-0.1, -0.05) is 58.0 Å². The molecule has 0 aromatic rings. The Morgan fingerprint density at radius 1 is 1.07 bits per heavy atom. The van der Waals surface area contributed by atoms with Crippen molar-refractivity contribution in [1.82, 2.24) is 0 Å². The summed E-state index contributed by atoms with van der Waals surface area (Å²) in [4.78, 5) is 28.6. The van der Waals surface area contributed by atoms with Gasteiger partial charge in [0.25, 0.3) is 0 Å². The molecule has 0 radical (unpaired) electrons. The number of carbonyl (C=O) groups excluding carboxylic acids is 2. The number of ether oxygens (including phenoxy) is 2. The van der Waals surface area contributed by atoms with E-state index < -0.39 is 22.9 Å². The molecule has 0 spiro atoms. The minimum Gasteiger partial charge on any atom is -0.465 e. The predicted molar refractivity (Wildman–Crippen MR) is 104 cm³/mol. The van der Waals surface area contributed by atoms with Crippen molar-refractivity contribution in [1.29, 1.82) is 0 Å². The zero-order valence-electron chi connectivity index (χ0n) is 17.5. The van der Waals surface area contributed by atoms with Gasteiger partial charge in [-0.25, -0.2) is 0 Å². The average molecular weight is 382 g/mol. The van der Waals surface area contributed by atoms with Gasteiger partial charge in [0.1, 0.15) is 0 Å². The maximum Gasteiger partial charge on any atom is 0.323 e. The van der Waals surface area contributed by atoms with E-state index in [0.29, 0.717) is 12.8 Å². The molecule has 0 heterocycles. The summed E-state index contributed by atoms with van der Waals surface area (Å²) < 4.78 is 10.5. The third-order valence-corrected chi connectivity index (χ3v) is 5.72. The Kier molecular flexibility index (Phi) is 9.10. The summed E-state index contributed by atoms with van der Waals surface area (Å²) in [6, 6.07) is 0. The van der Waals surface area contributed by atoms with Crippen molar-refractivity contribution in [3.8, 4) is 0 Å². The van der Waals surface area contributed by atoms with E-state index in [1.807, 2.05) is 13.8 Å². The normalized spacial score (nSPS) is 21.4. The molecule has 0 N–H and O–H groups in total. The van der Waals surface area contributed by atoms with E-state index in [1.54, 1.807) is 13.8 Å². The molecule has 2 atom stereocenters. The van der Waals surface area contributed by atoms with Crippen LogP contribution in [0.2, 0.25) is 0 Å². The molecule has 1 rings (SSSR count). The third kappa shape index (κ3) is 5.61. The Hall–Kier alpha value is -1.75. The van der Waals surface area contributed by atoms with Crippen molar-refractivity contribution in [2.24, 2.45) is 22.4 Å². The first kappa shape index (κ1) is 23.3. The molecule has 1 fully saturated rings. The van der Waals surface area contributed by atoms with Crippen molar-refractivity contribution < 1.29 is 19.1 Å². The summed E-state index contributed by atoms with van der Waals surface area (Å²) >= 11 is 0. The quantitative estimate of drug-likeness (QED) is 0.123. The first-order valence-corrected chi connectivity index (χ1v) is 10.2. The van der Waals surface area contributed by atoms with Crippen LogP contribution in [0.3, 0.4) is 0 Å². The Morgan fingerprint density at radius 3 is 2.15 bits per heavy atom. The predicted octanol–water partition coefficient (Wildman–Crippen LogP) is 5.18. The fourth-order valence-electron chi connectivity index (χ4n) is 4.32. The number of hydrogen-bond donors (Lipinski definition) is 0. The van der Waals surface area contributed by atoms with E-state index in [0.717, 1.165) is 32.1 Å². The average Bonchev–Trinajstić information content (AvgIpc) is 3.01. The molecule has 7 nitrogen and oxygen atoms in total. The monoisotopic (exact) mass is 381 g/mol. The van der Waals surface area contributed by atoms with Crippen LogP contribution in [0.15, 0.2) is 5.11 Å². The van der Waals surface area contributed by atoms with Crippen LogP contribution in [0.4, 0.5) is 0 Å². The minimum absolute atomic E-state index is 0.0798. The SMILES string of the molecule is CCCCCC[C@@H]1CC(C(=O)OCC)(C(=O)OCC)C[C@H]1C(C)(C)N=[N+]=[N-]. The molecule has 1 aliphatic carbocycles. The Morgan fingerprint density at radius 2 is 1.67 bits per heavy atom. The van der Waals surface area contributed by atoms with Gasteiger partial charge < -0.3 is 9.47 Å². The molecule has 0 amide bonds. The number of unbranched alkanes of at least 4 members (excludes halogenated alkanes) is 3. The summed E-state index contributed by atoms with van der Waals surface area (Å²) in [5, 5.41) is 3.99. The number of nitrogens with zero attached hydrogens (tertiary/aromatic N) is 3. The van der Waals surface area contributed by atoms with Crippen molar-refractivity contribution in [3.05, 3.63) is 10.4 Å². The van der Waals surface area contributed by atoms with E-state index >= 15 is 0 Å². The lowest BCUT2D eigenvalue weighted by molar-refractivity contribution is -0.172. The standard InChI is InChI=1S/C20H35N3O4/c1-6-9-10-11-12-15-13-20(17(24)26-7-2,18(25)27-8-3)14-16(15)19(4,5)22-23-21/h15-16H,6-14H2,1-5H3/t15-,16-/m1/s1. The van der Waals surface area contributed by atoms with Gasteiger partial charge >= 0.3 is 11.9 Å². The second kappa shape index (κ2) is 10.5. The molecule has 0 unspecified atom stereocenters. The topological polar surface area (TPSA) is 101 Å². The van der Waals surface area contributed by atoms with Gasteiger partial charge in [0, 0.05) is 10.5 Å². The zero-order valence-corrected chi connectivity index (χ0v) is 17.5. The molecule has 0 aromatic carbocycles. The van der Waals surface area contributed by atoms with E-state index in [9.17, 15) is 9.59 Å². The highest BCUT2D eigenvalue weighted by atomic mass is 16.6. The molecule has 0 aliphatic heterocycles. The Labute approximate surface area is 162 Å². The molecular weight excluding hydrogens is 346 g/mol. The van der Waals surface area contributed by atoms with Gasteiger partial charge in [0.2, 0.25) is 0 Å². The highest BCUT2D eigenvalue weighted by Gasteiger charge is 2.59. The molecule has 0 aromatic heterocycles. The smallest absolute Gasteiger partial charge is 0.323 e. The van der Waals surface area contributed by atoms with E-state index in [4.69, 9.17) is 15.0 Å². The van der Waals surface area contributed by atoms with Crippen LogP contribution in [-0.4, -0.2) is 30.7 Å². The molecule has 1 saturated carbocycles. The summed E-state index contributed by atoms with van der Waals surface area (Å²) in [5.74, 6) is -0.998. The molecule has 27 heavy (non-hydrogen) atoms. The number of azide groups is 1. The van der Waals surface area contributed by atoms with Crippen molar-refractivity contribution in [2.75, 3.05) is 13.2 Å². The van der Waals surface area contributed by atoms with Gasteiger partial charge in [0.05, 0.1) is 13.2 Å². The summed E-state index contributed by atoms with van der Waals surface area (Å²) in [7, 11) is 0. The highest BCUT2D eigenvalue weighted by Crippen LogP contribution is 2.53. The fourth-order valence-corrected chi connectivity index (χ4v) is 4.32. The first-order chi connectivity index (χ1) is 12.8.